The lowest BCUT2D eigenvalue weighted by atomic mass is 10.1. The molecule has 6 nitrogen and oxygen atoms in total. The van der Waals surface area contributed by atoms with Crippen LogP contribution in [0.1, 0.15) is 23.1 Å². The lowest BCUT2D eigenvalue weighted by molar-refractivity contribution is 0.102. The Morgan fingerprint density at radius 3 is 2.61 bits per heavy atom. The molecule has 0 aliphatic rings. The van der Waals surface area contributed by atoms with Crippen molar-refractivity contribution in [3.63, 3.8) is 0 Å². The Morgan fingerprint density at radius 1 is 0.968 bits per heavy atom. The molecule has 0 saturated carbocycles. The van der Waals surface area contributed by atoms with Crippen molar-refractivity contribution < 1.29 is 13.9 Å². The Balaban J connectivity index is 1.64. The van der Waals surface area contributed by atoms with Crippen LogP contribution in [0.3, 0.4) is 0 Å². The minimum Gasteiger partial charge on any atom is -0.435 e. The summed E-state index contributed by atoms with van der Waals surface area (Å²) in [6.45, 7) is 1.96. The number of hydrogen-bond donors (Lipinski definition) is 1. The first-order chi connectivity index (χ1) is 15.2. The van der Waals surface area contributed by atoms with Crippen LogP contribution in [0.2, 0.25) is 0 Å². The first-order valence-electron chi connectivity index (χ1n) is 9.75. The number of nitrogens with one attached hydrogen (secondary N) is 1. The number of hydrogen-bond acceptors (Lipinski definition) is 5. The van der Waals surface area contributed by atoms with Crippen molar-refractivity contribution in [1.82, 2.24) is 15.0 Å². The van der Waals surface area contributed by atoms with Crippen molar-refractivity contribution in [2.24, 2.45) is 0 Å². The van der Waals surface area contributed by atoms with Gasteiger partial charge in [0.05, 0.1) is 16.8 Å². The average Bonchev–Trinajstić information content (AvgIpc) is 2.81. The molecule has 0 fully saturated rings. The predicted octanol–water partition coefficient (Wildman–Crippen LogP) is 5.28. The Hall–Kier alpha value is -4.13. The fraction of sp³-hybridized carbons (Fsp3) is 0.0833. The molecule has 2 heterocycles. The summed E-state index contributed by atoms with van der Waals surface area (Å²) in [7, 11) is 0. The number of para-hydroxylation sites is 1. The van der Waals surface area contributed by atoms with E-state index in [1.165, 1.54) is 12.1 Å². The molecule has 1 amide bonds. The van der Waals surface area contributed by atoms with E-state index in [0.717, 1.165) is 0 Å². The lowest BCUT2D eigenvalue weighted by Crippen LogP contribution is -2.14. The molecule has 0 spiro atoms. The smallest absolute Gasteiger partial charge is 0.258 e. The maximum absolute atomic E-state index is 15.1. The molecular formula is C24H19FN4O2. The normalized spacial score (nSPS) is 10.5. The summed E-state index contributed by atoms with van der Waals surface area (Å²) in [4.78, 5) is 25.5. The van der Waals surface area contributed by atoms with E-state index < -0.39 is 11.7 Å². The molecule has 0 saturated heterocycles. The molecule has 4 aromatic rings. The van der Waals surface area contributed by atoms with Crippen LogP contribution in [0.25, 0.3) is 11.3 Å². The molecule has 154 valence electrons. The number of amides is 1. The molecule has 4 rings (SSSR count). The predicted molar refractivity (Wildman–Crippen MR) is 116 cm³/mol. The average molecular weight is 414 g/mol. The number of benzene rings is 2. The number of anilines is 1. The second kappa shape index (κ2) is 9.13. The maximum atomic E-state index is 15.1. The van der Waals surface area contributed by atoms with Crippen molar-refractivity contribution in [3.05, 3.63) is 96.3 Å². The number of aryl methyl sites for hydroxylation is 1. The number of aromatic nitrogens is 3. The van der Waals surface area contributed by atoms with Crippen LogP contribution in [-0.2, 0) is 6.42 Å². The standard InChI is InChI=1S/C24H19FN4O2/c1-2-21-26-15-13-19(29-21)17-11-7-14-27-24(17)31-20-12-6-10-18(22(20)25)23(30)28-16-8-4-3-5-9-16/h3-15H,2H2,1H3,(H,28,30). The van der Waals surface area contributed by atoms with Crippen LogP contribution in [-0.4, -0.2) is 20.9 Å². The number of carbonyl (C=O) groups excluding carboxylic acids is 1. The fourth-order valence-electron chi connectivity index (χ4n) is 2.98. The molecule has 7 heteroatoms. The highest BCUT2D eigenvalue weighted by Crippen LogP contribution is 2.32. The summed E-state index contributed by atoms with van der Waals surface area (Å²) in [6.07, 6.45) is 3.88. The van der Waals surface area contributed by atoms with Crippen molar-refractivity contribution in [1.29, 1.82) is 0 Å². The Bertz CT molecular complexity index is 1220. The Labute approximate surface area is 178 Å². The number of ether oxygens (including phenoxy) is 1. The third kappa shape index (κ3) is 4.56. The monoisotopic (exact) mass is 414 g/mol. The number of rotatable bonds is 6. The Morgan fingerprint density at radius 2 is 1.81 bits per heavy atom. The molecule has 0 aliphatic heterocycles. The van der Waals surface area contributed by atoms with Gasteiger partial charge in [0.2, 0.25) is 5.88 Å². The van der Waals surface area contributed by atoms with Crippen LogP contribution in [0.15, 0.2) is 79.1 Å². The second-order valence-corrected chi connectivity index (χ2v) is 6.61. The van der Waals surface area contributed by atoms with E-state index in [2.05, 4.69) is 20.3 Å². The topological polar surface area (TPSA) is 77.0 Å². The van der Waals surface area contributed by atoms with E-state index in [9.17, 15) is 4.79 Å². The van der Waals surface area contributed by atoms with Crippen LogP contribution < -0.4 is 10.1 Å². The third-order valence-corrected chi connectivity index (χ3v) is 4.52. The van der Waals surface area contributed by atoms with Crippen LogP contribution in [0, 0.1) is 5.82 Å². The van der Waals surface area contributed by atoms with Gasteiger partial charge in [-0.05, 0) is 42.5 Å². The summed E-state index contributed by atoms with van der Waals surface area (Å²) in [6, 6.07) is 18.5. The van der Waals surface area contributed by atoms with E-state index in [1.807, 2.05) is 13.0 Å². The zero-order valence-corrected chi connectivity index (χ0v) is 16.7. The van der Waals surface area contributed by atoms with Gasteiger partial charge in [0.1, 0.15) is 5.82 Å². The van der Waals surface area contributed by atoms with Crippen LogP contribution >= 0.6 is 0 Å². The molecule has 0 radical (unpaired) electrons. The van der Waals surface area contributed by atoms with Gasteiger partial charge in [-0.2, -0.15) is 0 Å². The maximum Gasteiger partial charge on any atom is 0.258 e. The molecule has 2 aromatic carbocycles. The van der Waals surface area contributed by atoms with Gasteiger partial charge in [-0.15, -0.1) is 0 Å². The number of halogens is 1. The molecule has 0 unspecified atom stereocenters. The summed E-state index contributed by atoms with van der Waals surface area (Å²) in [5.74, 6) is -0.588. The summed E-state index contributed by atoms with van der Waals surface area (Å²) >= 11 is 0. The van der Waals surface area contributed by atoms with Gasteiger partial charge in [0.25, 0.3) is 5.91 Å². The van der Waals surface area contributed by atoms with Gasteiger partial charge in [-0.1, -0.05) is 31.2 Å². The highest BCUT2D eigenvalue weighted by atomic mass is 19.1. The van der Waals surface area contributed by atoms with Gasteiger partial charge in [-0.3, -0.25) is 4.79 Å². The van der Waals surface area contributed by atoms with Crippen molar-refractivity contribution >= 4 is 11.6 Å². The molecule has 2 aromatic heterocycles. The molecule has 0 aliphatic carbocycles. The lowest BCUT2D eigenvalue weighted by Gasteiger charge is -2.12. The molecule has 0 bridgehead atoms. The number of pyridine rings is 1. The molecule has 1 N–H and O–H groups in total. The van der Waals surface area contributed by atoms with E-state index in [1.54, 1.807) is 60.9 Å². The molecule has 0 atom stereocenters. The number of nitrogens with zero attached hydrogens (tertiary/aromatic N) is 3. The molecular weight excluding hydrogens is 395 g/mol. The molecule has 31 heavy (non-hydrogen) atoms. The Kier molecular flexibility index (Phi) is 5.93. The van der Waals surface area contributed by atoms with Crippen molar-refractivity contribution in [2.45, 2.75) is 13.3 Å². The summed E-state index contributed by atoms with van der Waals surface area (Å²) in [5.41, 5.74) is 1.65. The summed E-state index contributed by atoms with van der Waals surface area (Å²) in [5, 5.41) is 2.67. The van der Waals surface area contributed by atoms with Crippen LogP contribution in [0.5, 0.6) is 11.6 Å². The SMILES string of the molecule is CCc1nccc(-c2cccnc2Oc2cccc(C(=O)Nc3ccccc3)c2F)n1. The minimum atomic E-state index is -0.774. The van der Waals surface area contributed by atoms with E-state index in [0.29, 0.717) is 29.2 Å². The quantitative estimate of drug-likeness (QED) is 0.464. The summed E-state index contributed by atoms with van der Waals surface area (Å²) < 4.78 is 20.9. The van der Waals surface area contributed by atoms with Crippen molar-refractivity contribution in [3.8, 4) is 22.9 Å². The van der Waals surface area contributed by atoms with E-state index >= 15 is 4.39 Å². The van der Waals surface area contributed by atoms with Gasteiger partial charge >= 0.3 is 0 Å². The number of carbonyl (C=O) groups is 1. The first kappa shape index (κ1) is 20.2. The van der Waals surface area contributed by atoms with Crippen LogP contribution in [0.4, 0.5) is 10.1 Å². The second-order valence-electron chi connectivity index (χ2n) is 6.61. The van der Waals surface area contributed by atoms with Gasteiger partial charge in [-0.25, -0.2) is 19.3 Å². The van der Waals surface area contributed by atoms with Gasteiger partial charge in [0.15, 0.2) is 11.6 Å². The van der Waals surface area contributed by atoms with Gasteiger partial charge in [0, 0.05) is 24.5 Å². The van der Waals surface area contributed by atoms with E-state index in [-0.39, 0.29) is 17.2 Å². The minimum absolute atomic E-state index is 0.106. The van der Waals surface area contributed by atoms with Gasteiger partial charge < -0.3 is 10.1 Å². The van der Waals surface area contributed by atoms with E-state index in [4.69, 9.17) is 4.74 Å². The largest absolute Gasteiger partial charge is 0.435 e. The highest BCUT2D eigenvalue weighted by Gasteiger charge is 2.18. The zero-order valence-electron chi connectivity index (χ0n) is 16.7. The van der Waals surface area contributed by atoms with Crippen molar-refractivity contribution in [2.75, 3.05) is 5.32 Å². The first-order valence-corrected chi connectivity index (χ1v) is 9.75. The third-order valence-electron chi connectivity index (χ3n) is 4.52. The zero-order chi connectivity index (χ0) is 21.6. The highest BCUT2D eigenvalue weighted by molar-refractivity contribution is 6.04. The fourth-order valence-corrected chi connectivity index (χ4v) is 2.98.